The number of nitrogens with zero attached hydrogens (tertiary/aromatic N) is 1. The topological polar surface area (TPSA) is 49.4 Å². The molecule has 0 heterocycles. The maximum Gasteiger partial charge on any atom is 0.242 e. The fourth-order valence-corrected chi connectivity index (χ4v) is 4.19. The molecule has 31 heavy (non-hydrogen) atoms. The second-order valence-corrected chi connectivity index (χ2v) is 9.08. The molecule has 0 radical (unpaired) electrons. The van der Waals surface area contributed by atoms with E-state index in [1.807, 2.05) is 13.8 Å². The van der Waals surface area contributed by atoms with Gasteiger partial charge in [-0.3, -0.25) is 9.59 Å². The standard InChI is InChI=1S/C25H33FN2O2S/c1-6-19(4)27-25(30)20(5)28(14-22-9-7-8-10-23(22)26)24(29)16-31-15-21-12-17(2)11-18(3)13-21/h7-13,19-20H,6,14-16H2,1-5H3,(H,27,30)/t19-,20-/m1/s1. The lowest BCUT2D eigenvalue weighted by Crippen LogP contribution is -2.50. The van der Waals surface area contributed by atoms with Crippen molar-refractivity contribution in [2.24, 2.45) is 0 Å². The van der Waals surface area contributed by atoms with Gasteiger partial charge in [0.25, 0.3) is 0 Å². The summed E-state index contributed by atoms with van der Waals surface area (Å²) in [6.45, 7) is 9.78. The van der Waals surface area contributed by atoms with Crippen LogP contribution in [-0.4, -0.2) is 34.6 Å². The van der Waals surface area contributed by atoms with Crippen LogP contribution in [0.5, 0.6) is 0 Å². The molecule has 2 aromatic carbocycles. The van der Waals surface area contributed by atoms with E-state index < -0.39 is 6.04 Å². The van der Waals surface area contributed by atoms with Crippen LogP contribution in [0.3, 0.4) is 0 Å². The van der Waals surface area contributed by atoms with E-state index in [1.54, 1.807) is 25.1 Å². The Morgan fingerprint density at radius 1 is 1.10 bits per heavy atom. The van der Waals surface area contributed by atoms with Gasteiger partial charge in [-0.2, -0.15) is 0 Å². The Morgan fingerprint density at radius 3 is 2.35 bits per heavy atom. The molecule has 0 aliphatic rings. The van der Waals surface area contributed by atoms with E-state index in [0.29, 0.717) is 11.3 Å². The molecule has 2 rings (SSSR count). The van der Waals surface area contributed by atoms with Crippen LogP contribution in [0.1, 0.15) is 49.4 Å². The fraction of sp³-hybridized carbons (Fsp3) is 0.440. The summed E-state index contributed by atoms with van der Waals surface area (Å²) >= 11 is 1.51. The van der Waals surface area contributed by atoms with Crippen LogP contribution < -0.4 is 5.32 Å². The molecule has 168 valence electrons. The highest BCUT2D eigenvalue weighted by Crippen LogP contribution is 2.19. The van der Waals surface area contributed by atoms with E-state index in [4.69, 9.17) is 0 Å². The van der Waals surface area contributed by atoms with Gasteiger partial charge < -0.3 is 10.2 Å². The first-order valence-corrected chi connectivity index (χ1v) is 11.8. The molecule has 0 spiro atoms. The van der Waals surface area contributed by atoms with Gasteiger partial charge in [0, 0.05) is 23.9 Å². The summed E-state index contributed by atoms with van der Waals surface area (Å²) in [5.41, 5.74) is 3.95. The quantitative estimate of drug-likeness (QED) is 0.561. The van der Waals surface area contributed by atoms with E-state index in [9.17, 15) is 14.0 Å². The Bertz CT molecular complexity index is 883. The summed E-state index contributed by atoms with van der Waals surface area (Å²) in [5.74, 6) is 0.151. The molecule has 0 aliphatic carbocycles. The number of benzene rings is 2. The Balaban J connectivity index is 2.11. The molecule has 1 N–H and O–H groups in total. The molecule has 0 fully saturated rings. The van der Waals surface area contributed by atoms with Crippen molar-refractivity contribution in [1.29, 1.82) is 0 Å². The highest BCUT2D eigenvalue weighted by Gasteiger charge is 2.27. The summed E-state index contributed by atoms with van der Waals surface area (Å²) in [6, 6.07) is 12.0. The van der Waals surface area contributed by atoms with Crippen molar-refractivity contribution in [2.75, 3.05) is 5.75 Å². The number of rotatable bonds is 10. The first kappa shape index (κ1) is 24.9. The molecule has 0 unspecified atom stereocenters. The van der Waals surface area contributed by atoms with Crippen LogP contribution in [0.25, 0.3) is 0 Å². The molecular formula is C25H33FN2O2S. The highest BCUT2D eigenvalue weighted by atomic mass is 32.2. The minimum Gasteiger partial charge on any atom is -0.352 e. The lowest BCUT2D eigenvalue weighted by Gasteiger charge is -2.29. The largest absolute Gasteiger partial charge is 0.352 e. The van der Waals surface area contributed by atoms with E-state index in [-0.39, 0.29) is 36.0 Å². The van der Waals surface area contributed by atoms with Crippen molar-refractivity contribution in [3.8, 4) is 0 Å². The molecule has 2 aromatic rings. The average molecular weight is 445 g/mol. The van der Waals surface area contributed by atoms with Crippen molar-refractivity contribution in [3.05, 3.63) is 70.5 Å². The Kier molecular flexibility index (Phi) is 9.56. The van der Waals surface area contributed by atoms with E-state index in [2.05, 4.69) is 37.4 Å². The van der Waals surface area contributed by atoms with Crippen molar-refractivity contribution in [2.45, 2.75) is 65.4 Å². The third-order valence-electron chi connectivity index (χ3n) is 5.24. The predicted molar refractivity (Wildman–Crippen MR) is 126 cm³/mol. The molecule has 6 heteroatoms. The molecule has 0 saturated carbocycles. The zero-order valence-electron chi connectivity index (χ0n) is 19.1. The monoisotopic (exact) mass is 444 g/mol. The van der Waals surface area contributed by atoms with Gasteiger partial charge >= 0.3 is 0 Å². The van der Waals surface area contributed by atoms with Gasteiger partial charge in [-0.05, 0) is 45.7 Å². The maximum absolute atomic E-state index is 14.2. The van der Waals surface area contributed by atoms with Crippen LogP contribution >= 0.6 is 11.8 Å². The normalized spacial score (nSPS) is 12.8. The van der Waals surface area contributed by atoms with Crippen LogP contribution in [0.15, 0.2) is 42.5 Å². The van der Waals surface area contributed by atoms with Crippen molar-refractivity contribution in [3.63, 3.8) is 0 Å². The second-order valence-electron chi connectivity index (χ2n) is 8.10. The third kappa shape index (κ3) is 7.69. The summed E-state index contributed by atoms with van der Waals surface area (Å²) in [4.78, 5) is 27.3. The van der Waals surface area contributed by atoms with E-state index in [1.165, 1.54) is 39.4 Å². The second kappa shape index (κ2) is 11.9. The lowest BCUT2D eigenvalue weighted by molar-refractivity contribution is -0.139. The molecule has 0 aromatic heterocycles. The summed E-state index contributed by atoms with van der Waals surface area (Å²) in [5, 5.41) is 2.93. The van der Waals surface area contributed by atoms with Gasteiger partial charge in [-0.1, -0.05) is 54.4 Å². The van der Waals surface area contributed by atoms with E-state index >= 15 is 0 Å². The number of halogens is 1. The van der Waals surface area contributed by atoms with Crippen molar-refractivity contribution in [1.82, 2.24) is 10.2 Å². The number of thioether (sulfide) groups is 1. The highest BCUT2D eigenvalue weighted by molar-refractivity contribution is 7.99. The number of hydrogen-bond donors (Lipinski definition) is 1. The fourth-order valence-electron chi connectivity index (χ4n) is 3.35. The first-order chi connectivity index (χ1) is 14.7. The molecule has 0 bridgehead atoms. The van der Waals surface area contributed by atoms with Gasteiger partial charge in [-0.25, -0.2) is 4.39 Å². The number of nitrogens with one attached hydrogen (secondary N) is 1. The zero-order chi connectivity index (χ0) is 23.0. The van der Waals surface area contributed by atoms with Crippen molar-refractivity contribution >= 4 is 23.6 Å². The molecule has 0 saturated heterocycles. The average Bonchev–Trinajstić information content (AvgIpc) is 2.71. The van der Waals surface area contributed by atoms with Crippen molar-refractivity contribution < 1.29 is 14.0 Å². The smallest absolute Gasteiger partial charge is 0.242 e. The number of carbonyl (C=O) groups is 2. The Labute approximate surface area is 189 Å². The molecule has 2 amide bonds. The molecular weight excluding hydrogens is 411 g/mol. The maximum atomic E-state index is 14.2. The summed E-state index contributed by atoms with van der Waals surface area (Å²) < 4.78 is 14.2. The van der Waals surface area contributed by atoms with Crippen LogP contribution in [0.2, 0.25) is 0 Å². The summed E-state index contributed by atoms with van der Waals surface area (Å²) in [7, 11) is 0. The Morgan fingerprint density at radius 2 is 1.74 bits per heavy atom. The van der Waals surface area contributed by atoms with Gasteiger partial charge in [0.05, 0.1) is 5.75 Å². The third-order valence-corrected chi connectivity index (χ3v) is 6.23. The number of carbonyl (C=O) groups excluding carboxylic acids is 2. The first-order valence-electron chi connectivity index (χ1n) is 10.7. The minimum absolute atomic E-state index is 0.0132. The molecule has 4 nitrogen and oxygen atoms in total. The zero-order valence-corrected chi connectivity index (χ0v) is 19.9. The lowest BCUT2D eigenvalue weighted by atomic mass is 10.1. The van der Waals surface area contributed by atoms with Gasteiger partial charge in [-0.15, -0.1) is 11.8 Å². The number of amides is 2. The number of hydrogen-bond acceptors (Lipinski definition) is 3. The molecule has 0 aliphatic heterocycles. The van der Waals surface area contributed by atoms with Gasteiger partial charge in [0.1, 0.15) is 11.9 Å². The van der Waals surface area contributed by atoms with Crippen LogP contribution in [-0.2, 0) is 21.9 Å². The van der Waals surface area contributed by atoms with E-state index in [0.717, 1.165) is 6.42 Å². The molecule has 2 atom stereocenters. The van der Waals surface area contributed by atoms with Crippen LogP contribution in [0.4, 0.5) is 4.39 Å². The van der Waals surface area contributed by atoms with Gasteiger partial charge in [0.15, 0.2) is 0 Å². The minimum atomic E-state index is -0.692. The van der Waals surface area contributed by atoms with Crippen LogP contribution in [0, 0.1) is 19.7 Å². The summed E-state index contributed by atoms with van der Waals surface area (Å²) in [6.07, 6.45) is 0.797. The Hall–Kier alpha value is -2.34. The van der Waals surface area contributed by atoms with Gasteiger partial charge in [0.2, 0.25) is 11.8 Å². The number of aryl methyl sites for hydroxylation is 2. The SMILES string of the molecule is CC[C@@H](C)NC(=O)[C@@H](C)N(Cc1ccccc1F)C(=O)CSCc1cc(C)cc(C)c1. The predicted octanol–water partition coefficient (Wildman–Crippen LogP) is 5.01.